The van der Waals surface area contributed by atoms with Gasteiger partial charge in [0.05, 0.1) is 11.3 Å². The first-order valence-corrected chi connectivity index (χ1v) is 10.4. The third-order valence-electron chi connectivity index (χ3n) is 5.76. The molecule has 0 spiro atoms. The summed E-state index contributed by atoms with van der Waals surface area (Å²) in [7, 11) is 0. The molecule has 32 heavy (non-hydrogen) atoms. The van der Waals surface area contributed by atoms with E-state index in [9.17, 15) is 23.1 Å². The summed E-state index contributed by atoms with van der Waals surface area (Å²) in [6.07, 6.45) is -4.10. The molecule has 0 aliphatic carbocycles. The topological polar surface area (TPSA) is 82.8 Å². The van der Waals surface area contributed by atoms with Crippen molar-refractivity contribution >= 4 is 17.4 Å². The molecule has 0 radical (unpaired) electrons. The van der Waals surface area contributed by atoms with Crippen LogP contribution in [-0.4, -0.2) is 51.4 Å². The monoisotopic (exact) mass is 447 g/mol. The molecule has 2 unspecified atom stereocenters. The number of aryl methyl sites for hydroxylation is 1. The number of halogens is 3. The van der Waals surface area contributed by atoms with Crippen LogP contribution in [0.5, 0.6) is 0 Å². The number of nitrogens with one attached hydrogen (secondary N) is 1. The van der Waals surface area contributed by atoms with E-state index in [1.54, 1.807) is 4.52 Å². The van der Waals surface area contributed by atoms with E-state index in [-0.39, 0.29) is 24.9 Å². The van der Waals surface area contributed by atoms with Gasteiger partial charge in [-0.2, -0.15) is 22.8 Å². The van der Waals surface area contributed by atoms with E-state index < -0.39 is 17.8 Å². The largest absolute Gasteiger partial charge is 0.416 e. The van der Waals surface area contributed by atoms with Gasteiger partial charge in [0, 0.05) is 43.4 Å². The number of carbonyl (C=O) groups is 1. The maximum absolute atomic E-state index is 12.9. The summed E-state index contributed by atoms with van der Waals surface area (Å²) in [4.78, 5) is 18.8. The van der Waals surface area contributed by atoms with Crippen LogP contribution in [0.1, 0.15) is 41.8 Å². The second-order valence-corrected chi connectivity index (χ2v) is 7.95. The number of alkyl halides is 3. The third kappa shape index (κ3) is 4.14. The molecular formula is C22H24F3N5O2. The van der Waals surface area contributed by atoms with Gasteiger partial charge in [-0.05, 0) is 31.0 Å². The number of aromatic nitrogens is 3. The maximum atomic E-state index is 12.9. The molecule has 1 saturated heterocycles. The van der Waals surface area contributed by atoms with Crippen LogP contribution in [0.3, 0.4) is 0 Å². The molecular weight excluding hydrogens is 423 g/mol. The van der Waals surface area contributed by atoms with Crippen LogP contribution in [0.4, 0.5) is 19.0 Å². The van der Waals surface area contributed by atoms with Crippen LogP contribution >= 0.6 is 0 Å². The Morgan fingerprint density at radius 3 is 2.62 bits per heavy atom. The number of fused-ring (bicyclic) bond motifs is 1. The number of piperazine rings is 1. The highest BCUT2D eigenvalue weighted by Gasteiger charge is 2.32. The summed E-state index contributed by atoms with van der Waals surface area (Å²) in [5.74, 6) is 0.273. The quantitative estimate of drug-likeness (QED) is 0.629. The summed E-state index contributed by atoms with van der Waals surface area (Å²) < 4.78 is 40.3. The van der Waals surface area contributed by atoms with Gasteiger partial charge in [0.1, 0.15) is 11.9 Å². The van der Waals surface area contributed by atoms with E-state index in [4.69, 9.17) is 5.10 Å². The number of hydrogen-bond donors (Lipinski definition) is 2. The van der Waals surface area contributed by atoms with E-state index in [0.29, 0.717) is 35.8 Å². The van der Waals surface area contributed by atoms with Gasteiger partial charge in [-0.15, -0.1) is 0 Å². The van der Waals surface area contributed by atoms with Crippen molar-refractivity contribution < 1.29 is 23.1 Å². The highest BCUT2D eigenvalue weighted by atomic mass is 19.4. The van der Waals surface area contributed by atoms with Crippen molar-refractivity contribution in [3.63, 3.8) is 0 Å². The minimum Gasteiger partial charge on any atom is -0.396 e. The molecule has 1 aliphatic rings. The van der Waals surface area contributed by atoms with Gasteiger partial charge >= 0.3 is 6.18 Å². The summed E-state index contributed by atoms with van der Waals surface area (Å²) in [5, 5.41) is 16.9. The molecule has 7 nitrogen and oxygen atoms in total. The highest BCUT2D eigenvalue weighted by molar-refractivity contribution is 5.86. The average molecular weight is 447 g/mol. The minimum absolute atomic E-state index is 0.128. The number of hydrogen-bond acceptors (Lipinski definition) is 5. The van der Waals surface area contributed by atoms with E-state index in [2.05, 4.69) is 10.3 Å². The Morgan fingerprint density at radius 1 is 1.25 bits per heavy atom. The summed E-state index contributed by atoms with van der Waals surface area (Å²) in [5.41, 5.74) is 2.00. The first-order valence-electron chi connectivity index (χ1n) is 10.4. The first kappa shape index (κ1) is 22.1. The minimum atomic E-state index is -4.38. The van der Waals surface area contributed by atoms with Crippen molar-refractivity contribution in [1.29, 1.82) is 0 Å². The zero-order valence-corrected chi connectivity index (χ0v) is 17.7. The lowest BCUT2D eigenvalue weighted by molar-refractivity contribution is -0.137. The maximum Gasteiger partial charge on any atom is 0.416 e. The van der Waals surface area contributed by atoms with E-state index >= 15 is 0 Å². The van der Waals surface area contributed by atoms with Gasteiger partial charge in [-0.25, -0.2) is 4.98 Å². The van der Waals surface area contributed by atoms with Gasteiger partial charge in [-0.1, -0.05) is 19.1 Å². The standard InChI is InChI=1S/C22H24F3N5O2/c1-13-11-20(29-9-8-26-21(32)18(29)7-10-31)30-19(27-13)12-17(28-30)14(2)15-3-5-16(6-4-15)22(23,24)25/h3-6,11-12,14,18,31H,7-10H2,1-2H3,(H,26,32). The molecule has 2 N–H and O–H groups in total. The number of aliphatic hydroxyl groups excluding tert-OH is 1. The molecule has 2 aromatic heterocycles. The Balaban J connectivity index is 1.72. The van der Waals surface area contributed by atoms with Crippen molar-refractivity contribution in [2.24, 2.45) is 0 Å². The Hall–Kier alpha value is -3.14. The predicted octanol–water partition coefficient (Wildman–Crippen LogP) is 2.90. The van der Waals surface area contributed by atoms with Gasteiger partial charge in [-0.3, -0.25) is 4.79 Å². The van der Waals surface area contributed by atoms with Crippen molar-refractivity contribution in [1.82, 2.24) is 19.9 Å². The molecule has 1 fully saturated rings. The summed E-state index contributed by atoms with van der Waals surface area (Å²) >= 11 is 0. The Bertz CT molecular complexity index is 1130. The van der Waals surface area contributed by atoms with Gasteiger partial charge in [0.15, 0.2) is 5.65 Å². The molecule has 1 aromatic carbocycles. The lowest BCUT2D eigenvalue weighted by atomic mass is 9.97. The normalized spacial score (nSPS) is 18.1. The number of rotatable bonds is 5. The van der Waals surface area contributed by atoms with Gasteiger partial charge in [0.25, 0.3) is 0 Å². The number of carbonyl (C=O) groups excluding carboxylic acids is 1. The van der Waals surface area contributed by atoms with Crippen molar-refractivity contribution in [3.8, 4) is 0 Å². The summed E-state index contributed by atoms with van der Waals surface area (Å²) in [6.45, 7) is 4.62. The van der Waals surface area contributed by atoms with Crippen molar-refractivity contribution in [2.75, 3.05) is 24.6 Å². The van der Waals surface area contributed by atoms with E-state index in [0.717, 1.165) is 17.8 Å². The van der Waals surface area contributed by atoms with Crippen molar-refractivity contribution in [3.05, 3.63) is 58.9 Å². The van der Waals surface area contributed by atoms with E-state index in [1.165, 1.54) is 12.1 Å². The molecule has 2 atom stereocenters. The molecule has 1 amide bonds. The number of aliphatic hydroxyl groups is 1. The second-order valence-electron chi connectivity index (χ2n) is 7.95. The fourth-order valence-corrected chi connectivity index (χ4v) is 4.04. The Morgan fingerprint density at radius 2 is 1.97 bits per heavy atom. The zero-order valence-electron chi connectivity index (χ0n) is 17.7. The molecule has 0 saturated carbocycles. The highest BCUT2D eigenvalue weighted by Crippen LogP contribution is 2.32. The Kier molecular flexibility index (Phi) is 5.81. The smallest absolute Gasteiger partial charge is 0.396 e. The third-order valence-corrected chi connectivity index (χ3v) is 5.76. The number of nitrogens with zero attached hydrogens (tertiary/aromatic N) is 4. The zero-order chi connectivity index (χ0) is 23.0. The first-order chi connectivity index (χ1) is 15.2. The lowest BCUT2D eigenvalue weighted by Gasteiger charge is -2.36. The number of amides is 1. The van der Waals surface area contributed by atoms with Crippen LogP contribution in [0.2, 0.25) is 0 Å². The SMILES string of the molecule is Cc1cc(N2CCNC(=O)C2CCO)n2nc(C(C)c3ccc(C(F)(F)F)cc3)cc2n1. The molecule has 0 bridgehead atoms. The van der Waals surface area contributed by atoms with Crippen molar-refractivity contribution in [2.45, 2.75) is 38.4 Å². The van der Waals surface area contributed by atoms with Crippen LogP contribution < -0.4 is 10.2 Å². The number of benzene rings is 1. The van der Waals surface area contributed by atoms with Crippen LogP contribution in [0.15, 0.2) is 36.4 Å². The fraction of sp³-hybridized carbons (Fsp3) is 0.409. The Labute approximate surface area is 182 Å². The lowest BCUT2D eigenvalue weighted by Crippen LogP contribution is -2.56. The molecule has 4 rings (SSSR count). The van der Waals surface area contributed by atoms with E-state index in [1.807, 2.05) is 30.9 Å². The molecule has 3 aromatic rings. The average Bonchev–Trinajstić information content (AvgIpc) is 3.17. The van der Waals surface area contributed by atoms with Gasteiger partial charge in [0.2, 0.25) is 5.91 Å². The van der Waals surface area contributed by atoms with Gasteiger partial charge < -0.3 is 15.3 Å². The fourth-order valence-electron chi connectivity index (χ4n) is 4.04. The number of anilines is 1. The second kappa shape index (κ2) is 8.42. The molecule has 10 heteroatoms. The van der Waals surface area contributed by atoms with Crippen LogP contribution in [0, 0.1) is 6.92 Å². The van der Waals surface area contributed by atoms with Crippen LogP contribution in [-0.2, 0) is 11.0 Å². The molecule has 170 valence electrons. The molecule has 1 aliphatic heterocycles. The summed E-state index contributed by atoms with van der Waals surface area (Å²) in [6, 6.07) is 8.19. The molecule has 3 heterocycles. The predicted molar refractivity (Wildman–Crippen MR) is 113 cm³/mol. The van der Waals surface area contributed by atoms with Crippen LogP contribution in [0.25, 0.3) is 5.65 Å².